The van der Waals surface area contributed by atoms with Gasteiger partial charge in [-0.15, -0.1) is 0 Å². The second-order valence-electron chi connectivity index (χ2n) is 7.99. The van der Waals surface area contributed by atoms with Crippen molar-refractivity contribution in [3.05, 3.63) is 41.1 Å². The SMILES string of the molecule is CN1CCN=C(C(B2OC(C)(C)C(C)(C)O2)=C(N)c2ccc(F)cc2)C1. The molecule has 2 aliphatic heterocycles. The third-order valence-electron chi connectivity index (χ3n) is 5.45. The molecule has 1 saturated heterocycles. The minimum Gasteiger partial charge on any atom is -0.399 e. The highest BCUT2D eigenvalue weighted by molar-refractivity contribution is 6.64. The fourth-order valence-corrected chi connectivity index (χ4v) is 3.08. The molecule has 1 fully saturated rings. The Labute approximate surface area is 155 Å². The van der Waals surface area contributed by atoms with Gasteiger partial charge >= 0.3 is 7.12 Å². The Bertz CT molecular complexity index is 728. The topological polar surface area (TPSA) is 60.1 Å². The molecule has 0 bridgehead atoms. The number of nitrogens with two attached hydrogens (primary N) is 1. The summed E-state index contributed by atoms with van der Waals surface area (Å²) in [7, 11) is 1.43. The molecule has 0 saturated carbocycles. The predicted octanol–water partition coefficient (Wildman–Crippen LogP) is 2.51. The number of hydrogen-bond donors (Lipinski definition) is 1. The first-order valence-electron chi connectivity index (χ1n) is 8.94. The van der Waals surface area contributed by atoms with Crippen LogP contribution < -0.4 is 5.73 Å². The molecule has 3 rings (SSSR count). The van der Waals surface area contributed by atoms with Gasteiger partial charge in [0.1, 0.15) is 5.82 Å². The van der Waals surface area contributed by atoms with E-state index < -0.39 is 18.3 Å². The summed E-state index contributed by atoms with van der Waals surface area (Å²) < 4.78 is 25.8. The van der Waals surface area contributed by atoms with Gasteiger partial charge in [-0.25, -0.2) is 4.39 Å². The van der Waals surface area contributed by atoms with Crippen molar-refractivity contribution < 1.29 is 13.7 Å². The summed E-state index contributed by atoms with van der Waals surface area (Å²) >= 11 is 0. The minimum absolute atomic E-state index is 0.298. The molecule has 140 valence electrons. The number of likely N-dealkylation sites (N-methyl/N-ethyl adjacent to an activating group) is 1. The van der Waals surface area contributed by atoms with E-state index in [9.17, 15) is 4.39 Å². The van der Waals surface area contributed by atoms with Crippen molar-refractivity contribution in [1.29, 1.82) is 0 Å². The second-order valence-corrected chi connectivity index (χ2v) is 7.99. The maximum absolute atomic E-state index is 13.3. The molecule has 5 nitrogen and oxygen atoms in total. The molecule has 1 aromatic carbocycles. The maximum Gasteiger partial charge on any atom is 0.498 e. The van der Waals surface area contributed by atoms with Crippen molar-refractivity contribution in [3.8, 4) is 0 Å². The van der Waals surface area contributed by atoms with Crippen LogP contribution in [-0.2, 0) is 9.31 Å². The van der Waals surface area contributed by atoms with E-state index in [1.54, 1.807) is 12.1 Å². The lowest BCUT2D eigenvalue weighted by Crippen LogP contribution is -2.41. The number of halogens is 1. The average Bonchev–Trinajstić information content (AvgIpc) is 2.75. The van der Waals surface area contributed by atoms with Gasteiger partial charge in [-0.1, -0.05) is 12.1 Å². The molecule has 1 aromatic rings. The second kappa shape index (κ2) is 6.80. The molecule has 0 radical (unpaired) electrons. The summed E-state index contributed by atoms with van der Waals surface area (Å²) in [5.41, 5.74) is 8.40. The first-order valence-corrected chi connectivity index (χ1v) is 8.94. The number of nitrogens with zero attached hydrogens (tertiary/aromatic N) is 2. The Balaban J connectivity index is 2.07. The molecule has 0 atom stereocenters. The Morgan fingerprint density at radius 2 is 1.73 bits per heavy atom. The average molecular weight is 359 g/mol. The summed E-state index contributed by atoms with van der Waals surface area (Å²) in [4.78, 5) is 6.87. The molecule has 7 heteroatoms. The smallest absolute Gasteiger partial charge is 0.399 e. The van der Waals surface area contributed by atoms with Gasteiger partial charge in [0.15, 0.2) is 0 Å². The highest BCUT2D eigenvalue weighted by Crippen LogP contribution is 2.40. The van der Waals surface area contributed by atoms with E-state index in [1.807, 2.05) is 34.7 Å². The lowest BCUT2D eigenvalue weighted by Gasteiger charge is -2.32. The molecule has 0 spiro atoms. The molecule has 0 amide bonds. The third-order valence-corrected chi connectivity index (χ3v) is 5.45. The van der Waals surface area contributed by atoms with Crippen LogP contribution in [0.2, 0.25) is 0 Å². The third kappa shape index (κ3) is 3.56. The van der Waals surface area contributed by atoms with E-state index in [0.29, 0.717) is 18.8 Å². The van der Waals surface area contributed by atoms with Gasteiger partial charge in [0.2, 0.25) is 0 Å². The van der Waals surface area contributed by atoms with Crippen LogP contribution in [0, 0.1) is 5.82 Å². The van der Waals surface area contributed by atoms with E-state index in [-0.39, 0.29) is 5.82 Å². The fourth-order valence-electron chi connectivity index (χ4n) is 3.08. The number of aliphatic imine (C=N–C) groups is 1. The summed E-state index contributed by atoms with van der Waals surface area (Å²) in [5, 5.41) is 0. The number of rotatable bonds is 3. The van der Waals surface area contributed by atoms with Gasteiger partial charge in [-0.3, -0.25) is 9.89 Å². The summed E-state index contributed by atoms with van der Waals surface area (Å²) in [6, 6.07) is 6.14. The van der Waals surface area contributed by atoms with Gasteiger partial charge in [-0.2, -0.15) is 0 Å². The molecule has 0 aromatic heterocycles. The van der Waals surface area contributed by atoms with Crippen molar-refractivity contribution >= 4 is 18.5 Å². The van der Waals surface area contributed by atoms with Crippen LogP contribution >= 0.6 is 0 Å². The van der Waals surface area contributed by atoms with Crippen LogP contribution in [0.15, 0.2) is 34.7 Å². The first kappa shape index (κ1) is 19.1. The van der Waals surface area contributed by atoms with Crippen LogP contribution in [-0.4, -0.2) is 55.6 Å². The van der Waals surface area contributed by atoms with Gasteiger partial charge in [0.05, 0.1) is 23.5 Å². The van der Waals surface area contributed by atoms with E-state index in [2.05, 4.69) is 9.89 Å². The van der Waals surface area contributed by atoms with E-state index in [1.165, 1.54) is 12.1 Å². The minimum atomic E-state index is -0.615. The molecule has 2 N–H and O–H groups in total. The predicted molar refractivity (Wildman–Crippen MR) is 103 cm³/mol. The van der Waals surface area contributed by atoms with Crippen LogP contribution in [0.5, 0.6) is 0 Å². The van der Waals surface area contributed by atoms with Crippen LogP contribution in [0.4, 0.5) is 4.39 Å². The van der Waals surface area contributed by atoms with Crippen molar-refractivity contribution in [2.24, 2.45) is 10.7 Å². The van der Waals surface area contributed by atoms with Crippen LogP contribution in [0.3, 0.4) is 0 Å². The molecular weight excluding hydrogens is 332 g/mol. The lowest BCUT2D eigenvalue weighted by atomic mass is 9.72. The van der Waals surface area contributed by atoms with Crippen molar-refractivity contribution in [2.75, 3.05) is 26.7 Å². The van der Waals surface area contributed by atoms with E-state index >= 15 is 0 Å². The zero-order valence-corrected chi connectivity index (χ0v) is 16.2. The standard InChI is InChI=1S/C19H27BFN3O2/c1-18(2)19(3,4)26-20(25-18)16(15-12-24(5)11-10-23-15)17(22)13-6-8-14(21)9-7-13/h6-9H,10-12,22H2,1-5H3. The number of benzene rings is 1. The summed E-state index contributed by atoms with van der Waals surface area (Å²) in [5.74, 6) is -0.298. The molecule has 2 aliphatic rings. The van der Waals surface area contributed by atoms with E-state index in [4.69, 9.17) is 15.0 Å². The largest absolute Gasteiger partial charge is 0.498 e. The normalized spacial score (nSPS) is 23.6. The molecule has 2 heterocycles. The Kier molecular flexibility index (Phi) is 4.99. The summed E-state index contributed by atoms with van der Waals surface area (Å²) in [6.45, 7) is 10.3. The quantitative estimate of drug-likeness (QED) is 0.843. The Hall–Kier alpha value is -1.70. The molecule has 0 aliphatic carbocycles. The van der Waals surface area contributed by atoms with E-state index in [0.717, 1.165) is 23.3 Å². The van der Waals surface area contributed by atoms with Crippen molar-refractivity contribution in [2.45, 2.75) is 38.9 Å². The Morgan fingerprint density at radius 3 is 2.27 bits per heavy atom. The molecular formula is C19H27BFN3O2. The van der Waals surface area contributed by atoms with Gasteiger partial charge in [0, 0.05) is 24.3 Å². The fraction of sp³-hybridized carbons (Fsp3) is 0.526. The molecule has 0 unspecified atom stereocenters. The lowest BCUT2D eigenvalue weighted by molar-refractivity contribution is 0.00578. The van der Waals surface area contributed by atoms with Crippen LogP contribution in [0.25, 0.3) is 5.70 Å². The zero-order valence-electron chi connectivity index (χ0n) is 16.2. The van der Waals surface area contributed by atoms with Crippen LogP contribution in [0.1, 0.15) is 33.3 Å². The van der Waals surface area contributed by atoms with Gasteiger partial charge in [-0.05, 0) is 52.4 Å². The van der Waals surface area contributed by atoms with Gasteiger partial charge < -0.3 is 15.0 Å². The Morgan fingerprint density at radius 1 is 1.15 bits per heavy atom. The summed E-state index contributed by atoms with van der Waals surface area (Å²) in [6.07, 6.45) is 0. The molecule has 26 heavy (non-hydrogen) atoms. The van der Waals surface area contributed by atoms with Crippen molar-refractivity contribution in [1.82, 2.24) is 4.90 Å². The van der Waals surface area contributed by atoms with Gasteiger partial charge in [0.25, 0.3) is 0 Å². The van der Waals surface area contributed by atoms with Crippen molar-refractivity contribution in [3.63, 3.8) is 0 Å². The zero-order chi connectivity index (χ0) is 19.1. The monoisotopic (exact) mass is 359 g/mol. The maximum atomic E-state index is 13.3. The highest BCUT2D eigenvalue weighted by atomic mass is 19.1. The number of hydrogen-bond acceptors (Lipinski definition) is 5. The first-order chi connectivity index (χ1) is 12.1. The highest BCUT2D eigenvalue weighted by Gasteiger charge is 2.53.